The monoisotopic (exact) mass is 161 g/mol. The number of nitro groups is 1. The first-order valence-corrected chi connectivity index (χ1v) is 3.00. The van der Waals surface area contributed by atoms with Crippen LogP contribution in [0.5, 0.6) is 0 Å². The van der Waals surface area contributed by atoms with E-state index >= 15 is 0 Å². The van der Waals surface area contributed by atoms with Gasteiger partial charge in [0.25, 0.3) is 0 Å². The summed E-state index contributed by atoms with van der Waals surface area (Å²) in [5.74, 6) is -1.49. The van der Waals surface area contributed by atoms with Crippen molar-refractivity contribution in [2.75, 3.05) is 0 Å². The third kappa shape index (κ3) is 1.60. The molecule has 0 saturated carbocycles. The summed E-state index contributed by atoms with van der Waals surface area (Å²) >= 11 is 0. The van der Waals surface area contributed by atoms with Crippen molar-refractivity contribution in [3.8, 4) is 0 Å². The number of halogens is 2. The second kappa shape index (κ2) is 2.77. The summed E-state index contributed by atoms with van der Waals surface area (Å²) in [5.41, 5.74) is -0.756. The van der Waals surface area contributed by atoms with Gasteiger partial charge in [-0.3, -0.25) is 10.1 Å². The number of nitrogens with zero attached hydrogens (tertiary/aromatic N) is 1. The van der Waals surface area contributed by atoms with E-state index in [4.69, 9.17) is 0 Å². The van der Waals surface area contributed by atoms with E-state index in [2.05, 4.69) is 0 Å². The summed E-state index contributed by atoms with van der Waals surface area (Å²) in [6.45, 7) is 0. The SMILES string of the molecule is O=[N+]([O-])C1=C(F)CCC(F)=C1. The van der Waals surface area contributed by atoms with Crippen LogP contribution in [0.4, 0.5) is 8.78 Å². The average molecular weight is 161 g/mol. The van der Waals surface area contributed by atoms with Crippen LogP contribution >= 0.6 is 0 Å². The Balaban J connectivity index is 2.98. The summed E-state index contributed by atoms with van der Waals surface area (Å²) in [5, 5.41) is 10.0. The largest absolute Gasteiger partial charge is 0.303 e. The topological polar surface area (TPSA) is 43.1 Å². The van der Waals surface area contributed by atoms with Gasteiger partial charge in [-0.15, -0.1) is 0 Å². The van der Waals surface area contributed by atoms with Crippen LogP contribution in [0.15, 0.2) is 23.4 Å². The first kappa shape index (κ1) is 7.84. The van der Waals surface area contributed by atoms with Crippen molar-refractivity contribution in [1.82, 2.24) is 0 Å². The Hall–Kier alpha value is -1.26. The molecular formula is C6H5F2NO2. The maximum absolute atomic E-state index is 12.5. The number of allylic oxidation sites excluding steroid dienone is 3. The summed E-state index contributed by atoms with van der Waals surface area (Å²) in [4.78, 5) is 9.08. The van der Waals surface area contributed by atoms with E-state index in [1.54, 1.807) is 0 Å². The molecule has 0 saturated heterocycles. The molecule has 1 aliphatic rings. The molecule has 1 rings (SSSR count). The Bertz CT molecular complexity index is 257. The average Bonchev–Trinajstić information content (AvgIpc) is 1.94. The molecule has 60 valence electrons. The van der Waals surface area contributed by atoms with Crippen molar-refractivity contribution in [3.05, 3.63) is 33.5 Å². The van der Waals surface area contributed by atoms with Crippen molar-refractivity contribution in [3.63, 3.8) is 0 Å². The molecule has 0 N–H and O–H groups in total. The van der Waals surface area contributed by atoms with Crippen LogP contribution in [0, 0.1) is 10.1 Å². The quantitative estimate of drug-likeness (QED) is 0.436. The molecule has 0 unspecified atom stereocenters. The highest BCUT2D eigenvalue weighted by atomic mass is 19.1. The van der Waals surface area contributed by atoms with Crippen molar-refractivity contribution in [1.29, 1.82) is 0 Å². The van der Waals surface area contributed by atoms with Crippen molar-refractivity contribution in [2.45, 2.75) is 12.8 Å². The van der Waals surface area contributed by atoms with E-state index in [1.807, 2.05) is 0 Å². The van der Waals surface area contributed by atoms with Gasteiger partial charge in [0.2, 0.25) is 0 Å². The number of hydrogen-bond acceptors (Lipinski definition) is 2. The normalized spacial score (nSPS) is 18.2. The molecule has 11 heavy (non-hydrogen) atoms. The third-order valence-electron chi connectivity index (χ3n) is 1.35. The van der Waals surface area contributed by atoms with Gasteiger partial charge in [0, 0.05) is 12.8 Å². The van der Waals surface area contributed by atoms with Crippen molar-refractivity contribution < 1.29 is 13.7 Å². The van der Waals surface area contributed by atoms with E-state index in [0.717, 1.165) is 0 Å². The van der Waals surface area contributed by atoms with Crippen LogP contribution in [0.2, 0.25) is 0 Å². The minimum atomic E-state index is -0.923. The van der Waals surface area contributed by atoms with Gasteiger partial charge in [-0.1, -0.05) is 0 Å². The first-order valence-electron chi connectivity index (χ1n) is 3.00. The molecule has 0 atom stereocenters. The highest BCUT2D eigenvalue weighted by Crippen LogP contribution is 2.25. The van der Waals surface area contributed by atoms with E-state index in [0.29, 0.717) is 6.08 Å². The van der Waals surface area contributed by atoms with Crippen molar-refractivity contribution >= 4 is 0 Å². The maximum atomic E-state index is 12.5. The highest BCUT2D eigenvalue weighted by Gasteiger charge is 2.21. The Morgan fingerprint density at radius 2 is 2.09 bits per heavy atom. The molecule has 0 spiro atoms. The molecule has 0 aliphatic heterocycles. The fourth-order valence-corrected chi connectivity index (χ4v) is 0.808. The third-order valence-corrected chi connectivity index (χ3v) is 1.35. The van der Waals surface area contributed by atoms with E-state index in [-0.39, 0.29) is 12.8 Å². The van der Waals surface area contributed by atoms with Crippen LogP contribution < -0.4 is 0 Å². The molecule has 0 aromatic rings. The van der Waals surface area contributed by atoms with Crippen LogP contribution in [0.3, 0.4) is 0 Å². The van der Waals surface area contributed by atoms with Gasteiger partial charge in [-0.2, -0.15) is 0 Å². The van der Waals surface area contributed by atoms with Gasteiger partial charge in [0.15, 0.2) is 5.83 Å². The zero-order chi connectivity index (χ0) is 8.43. The molecule has 5 heteroatoms. The predicted molar refractivity (Wildman–Crippen MR) is 33.6 cm³/mol. The highest BCUT2D eigenvalue weighted by molar-refractivity contribution is 5.22. The van der Waals surface area contributed by atoms with Crippen LogP contribution in [0.25, 0.3) is 0 Å². The molecule has 1 aliphatic carbocycles. The minimum absolute atomic E-state index is 0.0802. The summed E-state index contributed by atoms with van der Waals surface area (Å²) in [6.07, 6.45) is 0.334. The van der Waals surface area contributed by atoms with Gasteiger partial charge < -0.3 is 0 Å². The smallest absolute Gasteiger partial charge is 0.258 e. The predicted octanol–water partition coefficient (Wildman–Crippen LogP) is 2.09. The van der Waals surface area contributed by atoms with E-state index < -0.39 is 22.3 Å². The number of rotatable bonds is 1. The van der Waals surface area contributed by atoms with Crippen LogP contribution in [0.1, 0.15) is 12.8 Å². The van der Waals surface area contributed by atoms with Gasteiger partial charge in [0.1, 0.15) is 5.83 Å². The standard InChI is InChI=1S/C6H5F2NO2/c7-4-1-2-5(8)6(3-4)9(10)11/h3H,1-2H2. The fraction of sp³-hybridized carbons (Fsp3) is 0.333. The Kier molecular flexibility index (Phi) is 1.98. The van der Waals surface area contributed by atoms with Gasteiger partial charge >= 0.3 is 5.70 Å². The molecule has 3 nitrogen and oxygen atoms in total. The maximum Gasteiger partial charge on any atom is 0.303 e. The molecule has 0 fully saturated rings. The van der Waals surface area contributed by atoms with Gasteiger partial charge in [-0.25, -0.2) is 8.78 Å². The zero-order valence-electron chi connectivity index (χ0n) is 5.51. The molecule has 0 aromatic carbocycles. The lowest BCUT2D eigenvalue weighted by atomic mass is 10.1. The summed E-state index contributed by atoms with van der Waals surface area (Å²) in [6, 6.07) is 0. The lowest BCUT2D eigenvalue weighted by molar-refractivity contribution is -0.421. The van der Waals surface area contributed by atoms with E-state index in [9.17, 15) is 18.9 Å². The van der Waals surface area contributed by atoms with E-state index in [1.165, 1.54) is 0 Å². The lowest BCUT2D eigenvalue weighted by Gasteiger charge is -2.02. The van der Waals surface area contributed by atoms with Gasteiger partial charge in [-0.05, 0) is 0 Å². The second-order valence-electron chi connectivity index (χ2n) is 2.14. The molecule has 0 heterocycles. The Morgan fingerprint density at radius 1 is 1.45 bits per heavy atom. The summed E-state index contributed by atoms with van der Waals surface area (Å²) < 4.78 is 24.8. The molecule has 0 bridgehead atoms. The Morgan fingerprint density at radius 3 is 2.55 bits per heavy atom. The molecule has 0 amide bonds. The molecule has 0 aromatic heterocycles. The first-order chi connectivity index (χ1) is 5.11. The zero-order valence-corrected chi connectivity index (χ0v) is 5.51. The molecular weight excluding hydrogens is 156 g/mol. The Labute approximate surface area is 61.2 Å². The van der Waals surface area contributed by atoms with Crippen LogP contribution in [-0.2, 0) is 0 Å². The molecule has 0 radical (unpaired) electrons. The number of hydrogen-bond donors (Lipinski definition) is 0. The summed E-state index contributed by atoms with van der Waals surface area (Å²) in [7, 11) is 0. The fourth-order valence-electron chi connectivity index (χ4n) is 0.808. The minimum Gasteiger partial charge on any atom is -0.258 e. The van der Waals surface area contributed by atoms with Gasteiger partial charge in [0.05, 0.1) is 11.0 Å². The lowest BCUT2D eigenvalue weighted by Crippen LogP contribution is -2.03. The van der Waals surface area contributed by atoms with Crippen LogP contribution in [-0.4, -0.2) is 4.92 Å². The second-order valence-corrected chi connectivity index (χ2v) is 2.14. The van der Waals surface area contributed by atoms with Crippen molar-refractivity contribution in [2.24, 2.45) is 0 Å².